The Morgan fingerprint density at radius 1 is 1.43 bits per heavy atom. The molecule has 0 fully saturated rings. The maximum Gasteiger partial charge on any atom is 0.252 e. The molecule has 112 valence electrons. The minimum Gasteiger partial charge on any atom is -0.365 e. The Labute approximate surface area is 127 Å². The van der Waals surface area contributed by atoms with Gasteiger partial charge in [-0.1, -0.05) is 11.6 Å². The van der Waals surface area contributed by atoms with Crippen molar-refractivity contribution in [3.8, 4) is 0 Å². The lowest BCUT2D eigenvalue weighted by atomic mass is 10.2. The SMILES string of the molecule is Cc1cc(C)n(CC(C)Nc2nnc(Cl)cc2C(N)=O)n1. The summed E-state index contributed by atoms with van der Waals surface area (Å²) in [5.41, 5.74) is 7.56. The van der Waals surface area contributed by atoms with E-state index in [0.717, 1.165) is 11.4 Å². The molecule has 0 saturated carbocycles. The monoisotopic (exact) mass is 308 g/mol. The molecule has 2 heterocycles. The van der Waals surface area contributed by atoms with Crippen LogP contribution < -0.4 is 11.1 Å². The van der Waals surface area contributed by atoms with Crippen molar-refractivity contribution < 1.29 is 4.79 Å². The van der Waals surface area contributed by atoms with Gasteiger partial charge in [0.1, 0.15) is 0 Å². The summed E-state index contributed by atoms with van der Waals surface area (Å²) in [4.78, 5) is 11.4. The highest BCUT2D eigenvalue weighted by Gasteiger charge is 2.15. The molecule has 3 N–H and O–H groups in total. The van der Waals surface area contributed by atoms with Crippen molar-refractivity contribution in [2.75, 3.05) is 5.32 Å². The third-order valence-corrected chi connectivity index (χ3v) is 3.15. The van der Waals surface area contributed by atoms with Gasteiger partial charge in [-0.25, -0.2) is 0 Å². The summed E-state index contributed by atoms with van der Waals surface area (Å²) in [6, 6.07) is 3.38. The molecule has 0 aliphatic carbocycles. The van der Waals surface area contributed by atoms with E-state index in [0.29, 0.717) is 12.4 Å². The maximum atomic E-state index is 11.4. The predicted molar refractivity (Wildman–Crippen MR) is 80.3 cm³/mol. The number of carbonyl (C=O) groups excluding carboxylic acids is 1. The number of halogens is 1. The van der Waals surface area contributed by atoms with Crippen LogP contribution in [0.3, 0.4) is 0 Å². The highest BCUT2D eigenvalue weighted by molar-refractivity contribution is 6.29. The molecule has 1 amide bonds. The maximum absolute atomic E-state index is 11.4. The lowest BCUT2D eigenvalue weighted by Gasteiger charge is -2.16. The normalized spacial score (nSPS) is 12.2. The number of nitrogens with one attached hydrogen (secondary N) is 1. The van der Waals surface area contributed by atoms with Gasteiger partial charge in [0.05, 0.1) is 17.8 Å². The van der Waals surface area contributed by atoms with E-state index in [1.54, 1.807) is 0 Å². The number of aromatic nitrogens is 4. The van der Waals surface area contributed by atoms with E-state index >= 15 is 0 Å². The van der Waals surface area contributed by atoms with Crippen LogP contribution in [0.1, 0.15) is 28.7 Å². The number of carbonyl (C=O) groups is 1. The average Bonchev–Trinajstić information content (AvgIpc) is 2.69. The standard InChI is InChI=1S/C13H17ClN6O/c1-7-4-9(3)20(19-7)6-8(2)16-13-10(12(15)21)5-11(14)17-18-13/h4-5,8H,6H2,1-3H3,(H2,15,21)(H,16,18). The fourth-order valence-corrected chi connectivity index (χ4v) is 2.21. The molecule has 0 aliphatic rings. The number of hydrogen-bond donors (Lipinski definition) is 2. The van der Waals surface area contributed by atoms with Crippen LogP contribution in [0.15, 0.2) is 12.1 Å². The highest BCUT2D eigenvalue weighted by Crippen LogP contribution is 2.16. The number of aryl methyl sites for hydroxylation is 2. The summed E-state index contributed by atoms with van der Waals surface area (Å²) in [5.74, 6) is -0.284. The summed E-state index contributed by atoms with van der Waals surface area (Å²) < 4.78 is 1.89. The summed E-state index contributed by atoms with van der Waals surface area (Å²) in [7, 11) is 0. The number of nitrogens with zero attached hydrogens (tertiary/aromatic N) is 4. The van der Waals surface area contributed by atoms with E-state index in [1.165, 1.54) is 6.07 Å². The molecule has 2 aromatic rings. The molecular weight excluding hydrogens is 292 g/mol. The molecule has 21 heavy (non-hydrogen) atoms. The molecule has 1 unspecified atom stereocenters. The van der Waals surface area contributed by atoms with Crippen LogP contribution in [0.4, 0.5) is 5.82 Å². The first kappa shape index (κ1) is 15.2. The van der Waals surface area contributed by atoms with Crippen LogP contribution >= 0.6 is 11.6 Å². The fraction of sp³-hybridized carbons (Fsp3) is 0.385. The van der Waals surface area contributed by atoms with E-state index in [-0.39, 0.29) is 16.8 Å². The van der Waals surface area contributed by atoms with Crippen molar-refractivity contribution in [2.45, 2.75) is 33.4 Å². The largest absolute Gasteiger partial charge is 0.365 e. The topological polar surface area (TPSA) is 98.7 Å². The molecule has 2 aromatic heterocycles. The van der Waals surface area contributed by atoms with Gasteiger partial charge < -0.3 is 11.1 Å². The van der Waals surface area contributed by atoms with Gasteiger partial charge in [-0.05, 0) is 32.9 Å². The molecular formula is C13H17ClN6O. The van der Waals surface area contributed by atoms with Crippen LogP contribution in [0.25, 0.3) is 0 Å². The van der Waals surface area contributed by atoms with Crippen molar-refractivity contribution in [3.63, 3.8) is 0 Å². The number of nitrogens with two attached hydrogens (primary N) is 1. The van der Waals surface area contributed by atoms with Gasteiger partial charge in [-0.3, -0.25) is 9.48 Å². The average molecular weight is 309 g/mol. The number of rotatable bonds is 5. The van der Waals surface area contributed by atoms with Crippen LogP contribution in [-0.2, 0) is 6.54 Å². The molecule has 2 rings (SSSR count). The fourth-order valence-electron chi connectivity index (χ4n) is 2.06. The second-order valence-corrected chi connectivity index (χ2v) is 5.34. The summed E-state index contributed by atoms with van der Waals surface area (Å²) in [6.07, 6.45) is 0. The lowest BCUT2D eigenvalue weighted by molar-refractivity contribution is 0.100. The van der Waals surface area contributed by atoms with Crippen molar-refractivity contribution in [1.82, 2.24) is 20.0 Å². The van der Waals surface area contributed by atoms with E-state index in [2.05, 4.69) is 20.6 Å². The third kappa shape index (κ3) is 3.69. The van der Waals surface area contributed by atoms with Crippen LogP contribution in [0.2, 0.25) is 5.15 Å². The second-order valence-electron chi connectivity index (χ2n) is 4.95. The minimum absolute atomic E-state index is 0.0171. The minimum atomic E-state index is -0.604. The summed E-state index contributed by atoms with van der Waals surface area (Å²) in [5, 5.41) is 15.2. The summed E-state index contributed by atoms with van der Waals surface area (Å²) >= 11 is 5.73. The number of primary amides is 1. The first-order valence-corrected chi connectivity index (χ1v) is 6.85. The van der Waals surface area contributed by atoms with Crippen LogP contribution in [0.5, 0.6) is 0 Å². The van der Waals surface area contributed by atoms with E-state index < -0.39 is 5.91 Å². The number of anilines is 1. The molecule has 0 bridgehead atoms. The first-order valence-electron chi connectivity index (χ1n) is 6.47. The van der Waals surface area contributed by atoms with Crippen LogP contribution in [-0.4, -0.2) is 31.9 Å². The zero-order valence-electron chi connectivity index (χ0n) is 12.1. The number of amides is 1. The first-order chi connectivity index (χ1) is 9.86. The van der Waals surface area contributed by atoms with Gasteiger partial charge in [0.15, 0.2) is 11.0 Å². The quantitative estimate of drug-likeness (QED) is 0.873. The molecule has 0 saturated heterocycles. The van der Waals surface area contributed by atoms with Gasteiger partial charge in [0.2, 0.25) is 0 Å². The van der Waals surface area contributed by atoms with Gasteiger partial charge in [0, 0.05) is 11.7 Å². The zero-order valence-corrected chi connectivity index (χ0v) is 12.8. The highest BCUT2D eigenvalue weighted by atomic mass is 35.5. The number of hydrogen-bond acceptors (Lipinski definition) is 5. The molecule has 0 aromatic carbocycles. The van der Waals surface area contributed by atoms with Gasteiger partial charge >= 0.3 is 0 Å². The van der Waals surface area contributed by atoms with Crippen molar-refractivity contribution in [1.29, 1.82) is 0 Å². The Balaban J connectivity index is 2.14. The third-order valence-electron chi connectivity index (χ3n) is 2.96. The predicted octanol–water partition coefficient (Wildman–Crippen LogP) is 1.54. The van der Waals surface area contributed by atoms with Gasteiger partial charge in [-0.2, -0.15) is 5.10 Å². The van der Waals surface area contributed by atoms with Gasteiger partial charge in [0.25, 0.3) is 5.91 Å². The molecule has 1 atom stereocenters. The second kappa shape index (κ2) is 6.09. The molecule has 0 aliphatic heterocycles. The van der Waals surface area contributed by atoms with Crippen molar-refractivity contribution >= 4 is 23.3 Å². The van der Waals surface area contributed by atoms with E-state index in [1.807, 2.05) is 31.5 Å². The zero-order chi connectivity index (χ0) is 15.6. The lowest BCUT2D eigenvalue weighted by Crippen LogP contribution is -2.26. The Bertz CT molecular complexity index is 669. The molecule has 7 nitrogen and oxygen atoms in total. The van der Waals surface area contributed by atoms with Crippen molar-refractivity contribution in [2.24, 2.45) is 5.73 Å². The Morgan fingerprint density at radius 2 is 2.14 bits per heavy atom. The molecule has 0 spiro atoms. The Morgan fingerprint density at radius 3 is 2.71 bits per heavy atom. The van der Waals surface area contributed by atoms with E-state index in [9.17, 15) is 4.79 Å². The Kier molecular flexibility index (Phi) is 4.42. The smallest absolute Gasteiger partial charge is 0.252 e. The van der Waals surface area contributed by atoms with Crippen molar-refractivity contribution in [3.05, 3.63) is 34.2 Å². The van der Waals surface area contributed by atoms with E-state index in [4.69, 9.17) is 17.3 Å². The Hall–Kier alpha value is -2.15. The van der Waals surface area contributed by atoms with Crippen LogP contribution in [0, 0.1) is 13.8 Å². The molecule has 8 heteroatoms. The summed E-state index contributed by atoms with van der Waals surface area (Å²) in [6.45, 7) is 6.51. The molecule has 0 radical (unpaired) electrons. The van der Waals surface area contributed by atoms with Gasteiger partial charge in [-0.15, -0.1) is 10.2 Å².